The first-order valence-corrected chi connectivity index (χ1v) is 17.0. The summed E-state index contributed by atoms with van der Waals surface area (Å²) >= 11 is 1.11. The third kappa shape index (κ3) is 13.0. The molecule has 3 aromatic rings. The van der Waals surface area contributed by atoms with Gasteiger partial charge in [-0.1, -0.05) is 49.2 Å². The number of thiazole rings is 1. The van der Waals surface area contributed by atoms with E-state index in [1.165, 1.54) is 25.0 Å². The van der Waals surface area contributed by atoms with E-state index in [1.54, 1.807) is 6.07 Å². The van der Waals surface area contributed by atoms with Crippen LogP contribution in [0.2, 0.25) is 0 Å². The lowest BCUT2D eigenvalue weighted by atomic mass is 10.1. The fourth-order valence-corrected chi connectivity index (χ4v) is 6.46. The van der Waals surface area contributed by atoms with E-state index in [4.69, 9.17) is 0 Å². The SMILES string of the molecule is O=C(C(=O)C(F)(F)F)C(F)(F)F.O=C(CCNCCc1ccc(F)cc1F)N(CCNCCc1ccc(O)c2[nH]c(=O)sc12)C1CCCCCC1. The van der Waals surface area contributed by atoms with Gasteiger partial charge in [-0.3, -0.25) is 19.2 Å². The van der Waals surface area contributed by atoms with Crippen LogP contribution in [0.5, 0.6) is 5.75 Å². The van der Waals surface area contributed by atoms with E-state index < -0.39 is 35.6 Å². The van der Waals surface area contributed by atoms with Crippen LogP contribution in [-0.4, -0.2) is 83.6 Å². The molecule has 4 N–H and O–H groups in total. The summed E-state index contributed by atoms with van der Waals surface area (Å²) in [5, 5.41) is 16.7. The molecule has 1 saturated carbocycles. The highest BCUT2D eigenvalue weighted by Gasteiger charge is 2.54. The molecule has 0 spiro atoms. The standard InChI is InChI=1S/C29H38F2N4O3S.C4F6O2/c30-22-9-7-20(24(31)19-22)11-14-32-16-13-26(37)35(23-5-3-1-2-4-6-23)18-17-33-15-12-21-8-10-25(36)27-28(21)39-29(38)34-27;5-3(6,7)1(11)2(12)4(8,9)10/h7-10,19,23,32-33,36H,1-6,11-18H2,(H,34,38);. The van der Waals surface area contributed by atoms with Gasteiger partial charge in [0.05, 0.1) is 4.70 Å². The van der Waals surface area contributed by atoms with Crippen LogP contribution in [0.3, 0.4) is 0 Å². The maximum absolute atomic E-state index is 13.8. The summed E-state index contributed by atoms with van der Waals surface area (Å²) in [6.07, 6.45) is -3.26. The molecular weight excluding hydrogens is 716 g/mol. The van der Waals surface area contributed by atoms with Gasteiger partial charge in [0.2, 0.25) is 5.91 Å². The van der Waals surface area contributed by atoms with E-state index in [-0.39, 0.29) is 22.6 Å². The number of hydrogen-bond acceptors (Lipinski definition) is 8. The van der Waals surface area contributed by atoms with Crippen LogP contribution in [-0.2, 0) is 27.2 Å². The maximum atomic E-state index is 13.8. The predicted molar refractivity (Wildman–Crippen MR) is 174 cm³/mol. The minimum absolute atomic E-state index is 0.0784. The fourth-order valence-electron chi connectivity index (χ4n) is 5.57. The van der Waals surface area contributed by atoms with E-state index in [9.17, 15) is 59.4 Å². The van der Waals surface area contributed by atoms with Crippen LogP contribution in [0.4, 0.5) is 35.1 Å². The lowest BCUT2D eigenvalue weighted by Crippen LogP contribution is -2.45. The highest BCUT2D eigenvalue weighted by atomic mass is 32.1. The zero-order valence-corrected chi connectivity index (χ0v) is 28.1. The fraction of sp³-hybridized carbons (Fsp3) is 0.515. The van der Waals surface area contributed by atoms with Crippen LogP contribution in [0, 0.1) is 11.6 Å². The van der Waals surface area contributed by atoms with Crippen LogP contribution in [0.15, 0.2) is 35.1 Å². The molecule has 2 aromatic carbocycles. The molecule has 1 aliphatic carbocycles. The average molecular weight is 755 g/mol. The molecule has 1 heterocycles. The molecule has 4 rings (SSSR count). The number of hydrogen-bond donors (Lipinski definition) is 4. The van der Waals surface area contributed by atoms with E-state index in [1.807, 2.05) is 11.0 Å². The van der Waals surface area contributed by atoms with Crippen molar-refractivity contribution in [3.8, 4) is 5.75 Å². The van der Waals surface area contributed by atoms with Gasteiger partial charge in [-0.15, -0.1) is 0 Å². The molecular formula is C33H38F8N4O5S. The number of Topliss-reactive ketones (excluding diaryl/α,β-unsaturated/α-hetero) is 2. The lowest BCUT2D eigenvalue weighted by Gasteiger charge is -2.32. The molecule has 0 aliphatic heterocycles. The van der Waals surface area contributed by atoms with Gasteiger partial charge >= 0.3 is 28.8 Å². The largest absolute Gasteiger partial charge is 0.506 e. The van der Waals surface area contributed by atoms with E-state index >= 15 is 0 Å². The minimum atomic E-state index is -5.77. The molecule has 1 aromatic heterocycles. The van der Waals surface area contributed by atoms with Crippen molar-refractivity contribution >= 4 is 39.0 Å². The van der Waals surface area contributed by atoms with Crippen LogP contribution in [0.25, 0.3) is 10.2 Å². The summed E-state index contributed by atoms with van der Waals surface area (Å²) < 4.78 is 94.7. The molecule has 1 amide bonds. The van der Waals surface area contributed by atoms with Gasteiger partial charge in [0.15, 0.2) is 0 Å². The Morgan fingerprint density at radius 1 is 0.824 bits per heavy atom. The Morgan fingerprint density at radius 3 is 1.98 bits per heavy atom. The second kappa shape index (κ2) is 19.1. The number of carbonyl (C=O) groups is 3. The van der Waals surface area contributed by atoms with Crippen molar-refractivity contribution in [2.45, 2.75) is 76.2 Å². The first kappa shape index (κ1) is 41.5. The van der Waals surface area contributed by atoms with Gasteiger partial charge in [-0.2, -0.15) is 26.3 Å². The Morgan fingerprint density at radius 2 is 1.39 bits per heavy atom. The molecule has 1 fully saturated rings. The monoisotopic (exact) mass is 754 g/mol. The molecule has 9 nitrogen and oxygen atoms in total. The quantitative estimate of drug-likeness (QED) is 0.0716. The number of ketones is 2. The van der Waals surface area contributed by atoms with Gasteiger partial charge in [0, 0.05) is 38.2 Å². The predicted octanol–water partition coefficient (Wildman–Crippen LogP) is 5.73. The van der Waals surface area contributed by atoms with Crippen molar-refractivity contribution < 1.29 is 54.6 Å². The number of amides is 1. The lowest BCUT2D eigenvalue weighted by molar-refractivity contribution is -0.193. The Balaban J connectivity index is 0.000000501. The molecule has 18 heteroatoms. The maximum Gasteiger partial charge on any atom is 0.458 e. The number of alkyl halides is 6. The van der Waals surface area contributed by atoms with Crippen molar-refractivity contribution in [3.63, 3.8) is 0 Å². The normalized spacial score (nSPS) is 14.1. The molecule has 1 aliphatic rings. The number of benzene rings is 2. The van der Waals surface area contributed by atoms with Crippen LogP contribution < -0.4 is 15.5 Å². The number of rotatable bonds is 14. The van der Waals surface area contributed by atoms with Crippen LogP contribution >= 0.6 is 11.3 Å². The number of H-pyrrole nitrogens is 1. The van der Waals surface area contributed by atoms with E-state index in [0.29, 0.717) is 63.1 Å². The Labute approximate surface area is 291 Å². The zero-order chi connectivity index (χ0) is 37.8. The minimum Gasteiger partial charge on any atom is -0.506 e. The second-order valence-corrected chi connectivity index (χ2v) is 12.8. The summed E-state index contributed by atoms with van der Waals surface area (Å²) in [4.78, 5) is 48.8. The number of nitrogens with one attached hydrogen (secondary N) is 3. The zero-order valence-electron chi connectivity index (χ0n) is 27.3. The highest BCUT2D eigenvalue weighted by molar-refractivity contribution is 7.16. The number of aromatic hydroxyl groups is 1. The number of aromatic amines is 1. The topological polar surface area (TPSA) is 132 Å². The van der Waals surface area contributed by atoms with Crippen molar-refractivity contribution in [1.82, 2.24) is 20.5 Å². The summed E-state index contributed by atoms with van der Waals surface area (Å²) in [6.45, 7) is 3.02. The van der Waals surface area contributed by atoms with E-state index in [0.717, 1.165) is 53.3 Å². The number of halogens is 8. The van der Waals surface area contributed by atoms with Crippen LogP contribution in [0.1, 0.15) is 56.1 Å². The smallest absolute Gasteiger partial charge is 0.458 e. The number of fused-ring (bicyclic) bond motifs is 1. The van der Waals surface area contributed by atoms with E-state index in [2.05, 4.69) is 15.6 Å². The number of nitrogens with zero attached hydrogens (tertiary/aromatic N) is 1. The first-order valence-electron chi connectivity index (χ1n) is 16.2. The van der Waals surface area contributed by atoms with Gasteiger partial charge in [0.25, 0.3) is 0 Å². The van der Waals surface area contributed by atoms with Gasteiger partial charge in [-0.25, -0.2) is 8.78 Å². The summed E-state index contributed by atoms with van der Waals surface area (Å²) in [6, 6.07) is 7.33. The number of phenolic OH excluding ortho intramolecular Hbond substituents is 1. The van der Waals surface area contributed by atoms with Crippen molar-refractivity contribution in [3.05, 3.63) is 62.8 Å². The average Bonchev–Trinajstić information content (AvgIpc) is 3.26. The van der Waals surface area contributed by atoms with Crippen molar-refractivity contribution in [2.75, 3.05) is 32.7 Å². The molecule has 0 saturated heterocycles. The molecule has 51 heavy (non-hydrogen) atoms. The summed E-state index contributed by atoms with van der Waals surface area (Å²) in [5.74, 6) is -7.74. The third-order valence-electron chi connectivity index (χ3n) is 8.15. The Kier molecular flexibility index (Phi) is 15.5. The summed E-state index contributed by atoms with van der Waals surface area (Å²) in [7, 11) is 0. The van der Waals surface area contributed by atoms with Crippen molar-refractivity contribution in [1.29, 1.82) is 0 Å². The van der Waals surface area contributed by atoms with Gasteiger partial charge in [-0.05, 0) is 62.0 Å². The molecule has 0 bridgehead atoms. The molecule has 282 valence electrons. The van der Waals surface area contributed by atoms with Gasteiger partial charge in [0.1, 0.15) is 22.9 Å². The first-order chi connectivity index (χ1) is 24.0. The summed E-state index contributed by atoms with van der Waals surface area (Å²) in [5.41, 5.74) is 1.95. The van der Waals surface area contributed by atoms with Gasteiger partial charge < -0.3 is 25.6 Å². The molecule has 0 radical (unpaired) electrons. The third-order valence-corrected chi connectivity index (χ3v) is 9.11. The Bertz CT molecular complexity index is 1660. The molecule has 0 atom stereocenters. The number of phenols is 1. The molecule has 0 unspecified atom stereocenters. The number of aromatic nitrogens is 1. The number of carbonyl (C=O) groups excluding carboxylic acids is 3. The second-order valence-electron chi connectivity index (χ2n) is 11.8. The highest BCUT2D eigenvalue weighted by Crippen LogP contribution is 2.28. The van der Waals surface area contributed by atoms with Crippen molar-refractivity contribution in [2.24, 2.45) is 0 Å². The Hall–Kier alpha value is -3.90.